The van der Waals surface area contributed by atoms with Crippen molar-refractivity contribution >= 4 is 0 Å². The summed E-state index contributed by atoms with van der Waals surface area (Å²) in [4.78, 5) is 0. The smallest absolute Gasteiger partial charge is 0.387 e. The van der Waals surface area contributed by atoms with E-state index in [1.54, 1.807) is 19.2 Å². The van der Waals surface area contributed by atoms with E-state index in [4.69, 9.17) is 4.74 Å². The van der Waals surface area contributed by atoms with Gasteiger partial charge in [0.1, 0.15) is 5.75 Å². The summed E-state index contributed by atoms with van der Waals surface area (Å²) in [7, 11) is 1.62. The first-order chi connectivity index (χ1) is 6.72. The van der Waals surface area contributed by atoms with Crippen LogP contribution in [0.5, 0.6) is 5.75 Å². The van der Waals surface area contributed by atoms with Crippen LogP contribution in [0.15, 0.2) is 24.3 Å². The minimum atomic E-state index is -2.76. The Hall–Kier alpha value is -1.16. The van der Waals surface area contributed by atoms with Crippen molar-refractivity contribution in [1.29, 1.82) is 0 Å². The standard InChI is InChI=1S/C10H12F2O2/c1-13-7-6-8-2-4-9(5-3-8)14-10(11)12/h2-5,10H,6-7H2,1H3. The van der Waals surface area contributed by atoms with E-state index in [9.17, 15) is 8.78 Å². The molecule has 4 heteroatoms. The molecule has 14 heavy (non-hydrogen) atoms. The molecule has 1 aromatic carbocycles. The fourth-order valence-electron chi connectivity index (χ4n) is 1.06. The van der Waals surface area contributed by atoms with E-state index < -0.39 is 6.61 Å². The Bertz CT molecular complexity index is 259. The molecule has 0 amide bonds. The lowest BCUT2D eigenvalue weighted by Crippen LogP contribution is -2.02. The third kappa shape index (κ3) is 3.70. The molecule has 0 saturated carbocycles. The van der Waals surface area contributed by atoms with Crippen molar-refractivity contribution in [3.05, 3.63) is 29.8 Å². The number of hydrogen-bond donors (Lipinski definition) is 0. The number of benzene rings is 1. The first-order valence-electron chi connectivity index (χ1n) is 4.25. The summed E-state index contributed by atoms with van der Waals surface area (Å²) in [6.07, 6.45) is 0.769. The van der Waals surface area contributed by atoms with Crippen LogP contribution >= 0.6 is 0 Å². The van der Waals surface area contributed by atoms with Crippen molar-refractivity contribution in [3.63, 3.8) is 0 Å². The van der Waals surface area contributed by atoms with Crippen LogP contribution in [0.2, 0.25) is 0 Å². The second-order valence-corrected chi connectivity index (χ2v) is 2.77. The van der Waals surface area contributed by atoms with E-state index in [0.29, 0.717) is 6.61 Å². The Morgan fingerprint density at radius 2 is 1.86 bits per heavy atom. The van der Waals surface area contributed by atoms with Gasteiger partial charge in [0, 0.05) is 7.11 Å². The molecule has 0 bridgehead atoms. The highest BCUT2D eigenvalue weighted by Crippen LogP contribution is 2.14. The highest BCUT2D eigenvalue weighted by molar-refractivity contribution is 5.27. The summed E-state index contributed by atoms with van der Waals surface area (Å²) < 4.78 is 32.7. The molecular weight excluding hydrogens is 190 g/mol. The molecule has 0 saturated heterocycles. The molecule has 0 unspecified atom stereocenters. The predicted molar refractivity (Wildman–Crippen MR) is 48.7 cm³/mol. The van der Waals surface area contributed by atoms with Gasteiger partial charge >= 0.3 is 6.61 Å². The van der Waals surface area contributed by atoms with Crippen LogP contribution in [-0.2, 0) is 11.2 Å². The monoisotopic (exact) mass is 202 g/mol. The lowest BCUT2D eigenvalue weighted by Gasteiger charge is -2.05. The molecule has 78 valence electrons. The summed E-state index contributed by atoms with van der Waals surface area (Å²) in [5.74, 6) is 0.182. The molecular formula is C10H12F2O2. The third-order valence-corrected chi connectivity index (χ3v) is 1.74. The van der Waals surface area contributed by atoms with Gasteiger partial charge in [0.25, 0.3) is 0 Å². The van der Waals surface area contributed by atoms with E-state index in [0.717, 1.165) is 12.0 Å². The van der Waals surface area contributed by atoms with Gasteiger partial charge < -0.3 is 9.47 Å². The summed E-state index contributed by atoms with van der Waals surface area (Å²) in [5.41, 5.74) is 1.04. The van der Waals surface area contributed by atoms with Gasteiger partial charge in [0.15, 0.2) is 0 Å². The van der Waals surface area contributed by atoms with Gasteiger partial charge in [-0.1, -0.05) is 12.1 Å². The number of hydrogen-bond acceptors (Lipinski definition) is 2. The lowest BCUT2D eigenvalue weighted by atomic mass is 10.1. The maximum Gasteiger partial charge on any atom is 0.387 e. The van der Waals surface area contributed by atoms with Gasteiger partial charge in [-0.2, -0.15) is 8.78 Å². The molecule has 0 heterocycles. The van der Waals surface area contributed by atoms with Gasteiger partial charge in [-0.25, -0.2) is 0 Å². The average Bonchev–Trinajstić information content (AvgIpc) is 2.16. The van der Waals surface area contributed by atoms with Crippen molar-refractivity contribution < 1.29 is 18.3 Å². The Morgan fingerprint density at radius 1 is 1.21 bits per heavy atom. The third-order valence-electron chi connectivity index (χ3n) is 1.74. The summed E-state index contributed by atoms with van der Waals surface area (Å²) >= 11 is 0. The first kappa shape index (κ1) is 10.9. The Kier molecular flexibility index (Phi) is 4.32. The molecule has 0 aliphatic heterocycles. The summed E-state index contributed by atoms with van der Waals surface area (Å²) in [6, 6.07) is 6.54. The van der Waals surface area contributed by atoms with Crippen molar-refractivity contribution in [2.24, 2.45) is 0 Å². The number of alkyl halides is 2. The van der Waals surface area contributed by atoms with Crippen LogP contribution < -0.4 is 4.74 Å². The normalized spacial score (nSPS) is 10.6. The molecule has 0 fully saturated rings. The molecule has 0 aliphatic carbocycles. The second-order valence-electron chi connectivity index (χ2n) is 2.77. The lowest BCUT2D eigenvalue weighted by molar-refractivity contribution is -0.0498. The predicted octanol–water partition coefficient (Wildman–Crippen LogP) is 2.48. The zero-order valence-corrected chi connectivity index (χ0v) is 7.87. The molecule has 0 aromatic heterocycles. The molecule has 2 nitrogen and oxygen atoms in total. The second kappa shape index (κ2) is 5.54. The van der Waals surface area contributed by atoms with Gasteiger partial charge in [-0.05, 0) is 24.1 Å². The van der Waals surface area contributed by atoms with Crippen LogP contribution in [0.25, 0.3) is 0 Å². The van der Waals surface area contributed by atoms with Crippen molar-refractivity contribution in [1.82, 2.24) is 0 Å². The number of halogens is 2. The van der Waals surface area contributed by atoms with Crippen molar-refractivity contribution in [2.45, 2.75) is 13.0 Å². The van der Waals surface area contributed by atoms with Crippen LogP contribution in [0.3, 0.4) is 0 Å². The topological polar surface area (TPSA) is 18.5 Å². The summed E-state index contributed by atoms with van der Waals surface area (Å²) in [5, 5.41) is 0. The SMILES string of the molecule is COCCc1ccc(OC(F)F)cc1. The molecule has 1 aromatic rings. The Morgan fingerprint density at radius 3 is 2.36 bits per heavy atom. The van der Waals surface area contributed by atoms with Gasteiger partial charge in [0.2, 0.25) is 0 Å². The summed E-state index contributed by atoms with van der Waals surface area (Å²) in [6.45, 7) is -2.14. The van der Waals surface area contributed by atoms with Crippen LogP contribution in [0, 0.1) is 0 Å². The highest BCUT2D eigenvalue weighted by Gasteiger charge is 2.03. The van der Waals surface area contributed by atoms with E-state index in [-0.39, 0.29) is 5.75 Å². The molecule has 0 N–H and O–H groups in total. The maximum atomic E-state index is 11.8. The number of methoxy groups -OCH3 is 1. The van der Waals surface area contributed by atoms with Crippen LogP contribution in [0.1, 0.15) is 5.56 Å². The van der Waals surface area contributed by atoms with Crippen molar-refractivity contribution in [2.75, 3.05) is 13.7 Å². The fourth-order valence-corrected chi connectivity index (χ4v) is 1.06. The maximum absolute atomic E-state index is 11.8. The molecule has 0 aliphatic rings. The van der Waals surface area contributed by atoms with Crippen molar-refractivity contribution in [3.8, 4) is 5.75 Å². The van der Waals surface area contributed by atoms with E-state index >= 15 is 0 Å². The average molecular weight is 202 g/mol. The molecule has 1 rings (SSSR count). The molecule has 0 atom stereocenters. The van der Waals surface area contributed by atoms with Gasteiger partial charge in [-0.15, -0.1) is 0 Å². The minimum Gasteiger partial charge on any atom is -0.435 e. The fraction of sp³-hybridized carbons (Fsp3) is 0.400. The van der Waals surface area contributed by atoms with Crippen LogP contribution in [-0.4, -0.2) is 20.3 Å². The van der Waals surface area contributed by atoms with E-state index in [1.807, 2.05) is 0 Å². The van der Waals surface area contributed by atoms with Crippen LogP contribution in [0.4, 0.5) is 8.78 Å². The zero-order valence-electron chi connectivity index (χ0n) is 7.87. The van der Waals surface area contributed by atoms with E-state index in [2.05, 4.69) is 4.74 Å². The molecule has 0 spiro atoms. The largest absolute Gasteiger partial charge is 0.435 e. The quantitative estimate of drug-likeness (QED) is 0.730. The number of ether oxygens (including phenoxy) is 2. The Balaban J connectivity index is 2.50. The van der Waals surface area contributed by atoms with E-state index in [1.165, 1.54) is 12.1 Å². The molecule has 0 radical (unpaired) electrons. The van der Waals surface area contributed by atoms with Gasteiger partial charge in [0.05, 0.1) is 6.61 Å². The highest BCUT2D eigenvalue weighted by atomic mass is 19.3. The first-order valence-corrected chi connectivity index (χ1v) is 4.25. The van der Waals surface area contributed by atoms with Gasteiger partial charge in [-0.3, -0.25) is 0 Å². The number of rotatable bonds is 5. The zero-order chi connectivity index (χ0) is 10.4. The minimum absolute atomic E-state index is 0.182. The Labute approximate surface area is 81.4 Å².